The molecule has 0 bridgehead atoms. The molecule has 0 aliphatic carbocycles. The van der Waals surface area contributed by atoms with Crippen molar-refractivity contribution >= 4 is 0 Å². The van der Waals surface area contributed by atoms with Gasteiger partial charge in [-0.3, -0.25) is 4.90 Å². The lowest BCUT2D eigenvalue weighted by molar-refractivity contribution is -0.274. The Bertz CT molecular complexity index is 407. The fourth-order valence-electron chi connectivity index (χ4n) is 1.82. The van der Waals surface area contributed by atoms with Crippen molar-refractivity contribution in [1.29, 1.82) is 0 Å². The van der Waals surface area contributed by atoms with E-state index in [-0.39, 0.29) is 17.8 Å². The summed E-state index contributed by atoms with van der Waals surface area (Å²) in [5.74, 6) is -0.222. The normalized spacial score (nSPS) is 13.9. The minimum atomic E-state index is -4.68. The molecule has 2 N–H and O–H groups in total. The van der Waals surface area contributed by atoms with Gasteiger partial charge in [-0.05, 0) is 38.6 Å². The second kappa shape index (κ2) is 6.25. The van der Waals surface area contributed by atoms with E-state index in [1.54, 1.807) is 6.07 Å². The highest BCUT2D eigenvalue weighted by atomic mass is 19.4. The molecule has 19 heavy (non-hydrogen) atoms. The highest BCUT2D eigenvalue weighted by Crippen LogP contribution is 2.27. The van der Waals surface area contributed by atoms with E-state index in [4.69, 9.17) is 5.73 Å². The Morgan fingerprint density at radius 3 is 2.42 bits per heavy atom. The zero-order valence-corrected chi connectivity index (χ0v) is 11.2. The van der Waals surface area contributed by atoms with E-state index < -0.39 is 6.36 Å². The average Bonchev–Trinajstić information content (AvgIpc) is 2.27. The van der Waals surface area contributed by atoms with Gasteiger partial charge in [0.1, 0.15) is 5.75 Å². The largest absolute Gasteiger partial charge is 0.573 e. The molecular formula is C13H19F3N2O. The van der Waals surface area contributed by atoms with Crippen molar-refractivity contribution in [2.45, 2.75) is 32.3 Å². The summed E-state index contributed by atoms with van der Waals surface area (Å²) in [7, 11) is 1.89. The van der Waals surface area contributed by atoms with E-state index in [1.165, 1.54) is 18.2 Å². The van der Waals surface area contributed by atoms with Gasteiger partial charge in [0.15, 0.2) is 0 Å². The van der Waals surface area contributed by atoms with Crippen LogP contribution in [-0.4, -0.2) is 30.9 Å². The highest BCUT2D eigenvalue weighted by molar-refractivity contribution is 5.31. The first-order valence-electron chi connectivity index (χ1n) is 6.02. The third-order valence-corrected chi connectivity index (χ3v) is 3.01. The number of nitrogens with zero attached hydrogens (tertiary/aromatic N) is 1. The highest BCUT2D eigenvalue weighted by Gasteiger charge is 2.31. The molecule has 0 radical (unpaired) electrons. The zero-order chi connectivity index (χ0) is 14.6. The van der Waals surface area contributed by atoms with Gasteiger partial charge in [-0.2, -0.15) is 0 Å². The molecule has 0 aliphatic heterocycles. The predicted molar refractivity (Wildman–Crippen MR) is 67.8 cm³/mol. The molecule has 3 nitrogen and oxygen atoms in total. The van der Waals surface area contributed by atoms with Crippen molar-refractivity contribution in [1.82, 2.24) is 4.90 Å². The second-order valence-corrected chi connectivity index (χ2v) is 4.63. The quantitative estimate of drug-likeness (QED) is 0.898. The molecule has 0 heterocycles. The standard InChI is InChI=1S/C13H19F3N2O/c1-9(2)18(3)12(8-17)10-5-4-6-11(7-10)19-13(14,15)16/h4-7,9,12H,8,17H2,1-3H3. The maximum Gasteiger partial charge on any atom is 0.573 e. The Morgan fingerprint density at radius 2 is 1.95 bits per heavy atom. The maximum absolute atomic E-state index is 12.2. The Labute approximate surface area is 111 Å². The number of hydrogen-bond acceptors (Lipinski definition) is 3. The SMILES string of the molecule is CC(C)N(C)C(CN)c1cccc(OC(F)(F)F)c1. The summed E-state index contributed by atoms with van der Waals surface area (Å²) in [6.07, 6.45) is -4.68. The van der Waals surface area contributed by atoms with Crippen molar-refractivity contribution in [3.05, 3.63) is 29.8 Å². The molecule has 1 aromatic carbocycles. The Morgan fingerprint density at radius 1 is 1.32 bits per heavy atom. The molecule has 6 heteroatoms. The number of benzene rings is 1. The second-order valence-electron chi connectivity index (χ2n) is 4.63. The smallest absolute Gasteiger partial charge is 0.406 e. The van der Waals surface area contributed by atoms with Crippen LogP contribution in [0.4, 0.5) is 13.2 Å². The van der Waals surface area contributed by atoms with E-state index in [2.05, 4.69) is 4.74 Å². The summed E-state index contributed by atoms with van der Waals surface area (Å²) in [6.45, 7) is 4.32. The summed E-state index contributed by atoms with van der Waals surface area (Å²) >= 11 is 0. The third kappa shape index (κ3) is 4.72. The summed E-state index contributed by atoms with van der Waals surface area (Å²) in [6, 6.07) is 6.04. The van der Waals surface area contributed by atoms with Gasteiger partial charge < -0.3 is 10.5 Å². The molecule has 1 unspecified atom stereocenters. The van der Waals surface area contributed by atoms with Crippen LogP contribution in [0.25, 0.3) is 0 Å². The Kier molecular flexibility index (Phi) is 5.20. The van der Waals surface area contributed by atoms with Crippen LogP contribution in [0.15, 0.2) is 24.3 Å². The summed E-state index contributed by atoms with van der Waals surface area (Å²) < 4.78 is 40.5. The van der Waals surface area contributed by atoms with Crippen LogP contribution in [0.2, 0.25) is 0 Å². The van der Waals surface area contributed by atoms with Crippen LogP contribution in [0.1, 0.15) is 25.5 Å². The number of nitrogens with two attached hydrogens (primary N) is 1. The van der Waals surface area contributed by atoms with Gasteiger partial charge in [-0.15, -0.1) is 13.2 Å². The monoisotopic (exact) mass is 276 g/mol. The van der Waals surface area contributed by atoms with Crippen LogP contribution >= 0.6 is 0 Å². The Hall–Kier alpha value is -1.27. The average molecular weight is 276 g/mol. The van der Waals surface area contributed by atoms with E-state index in [0.717, 1.165) is 0 Å². The summed E-state index contributed by atoms with van der Waals surface area (Å²) in [5.41, 5.74) is 6.42. The predicted octanol–water partition coefficient (Wildman–Crippen LogP) is 2.93. The minimum Gasteiger partial charge on any atom is -0.406 e. The molecule has 0 saturated heterocycles. The van der Waals surface area contributed by atoms with E-state index in [9.17, 15) is 13.2 Å². The molecular weight excluding hydrogens is 257 g/mol. The number of hydrogen-bond donors (Lipinski definition) is 1. The molecule has 0 aromatic heterocycles. The van der Waals surface area contributed by atoms with Crippen LogP contribution < -0.4 is 10.5 Å². The van der Waals surface area contributed by atoms with Gasteiger partial charge in [-0.1, -0.05) is 12.1 Å². The van der Waals surface area contributed by atoms with Crippen molar-refractivity contribution in [3.8, 4) is 5.75 Å². The van der Waals surface area contributed by atoms with Crippen molar-refractivity contribution in [2.24, 2.45) is 5.73 Å². The molecule has 108 valence electrons. The molecule has 1 rings (SSSR count). The van der Waals surface area contributed by atoms with Gasteiger partial charge >= 0.3 is 6.36 Å². The first-order chi connectivity index (χ1) is 8.74. The molecule has 1 aromatic rings. The van der Waals surface area contributed by atoms with Gasteiger partial charge in [0.2, 0.25) is 0 Å². The van der Waals surface area contributed by atoms with E-state index >= 15 is 0 Å². The zero-order valence-electron chi connectivity index (χ0n) is 11.2. The number of alkyl halides is 3. The van der Waals surface area contributed by atoms with Crippen LogP contribution in [0.3, 0.4) is 0 Å². The Balaban J connectivity index is 2.96. The van der Waals surface area contributed by atoms with Gasteiger partial charge in [0.05, 0.1) is 0 Å². The molecule has 0 aliphatic rings. The first-order valence-corrected chi connectivity index (χ1v) is 6.02. The lowest BCUT2D eigenvalue weighted by Crippen LogP contribution is -2.35. The molecule has 0 spiro atoms. The molecule has 0 saturated carbocycles. The number of likely N-dealkylation sites (N-methyl/N-ethyl adjacent to an activating group) is 1. The lowest BCUT2D eigenvalue weighted by Gasteiger charge is -2.31. The van der Waals surface area contributed by atoms with E-state index in [1.807, 2.05) is 25.8 Å². The van der Waals surface area contributed by atoms with Gasteiger partial charge in [0, 0.05) is 18.6 Å². The summed E-state index contributed by atoms with van der Waals surface area (Å²) in [4.78, 5) is 2.01. The van der Waals surface area contributed by atoms with Crippen LogP contribution in [0, 0.1) is 0 Å². The molecule has 1 atom stereocenters. The van der Waals surface area contributed by atoms with Gasteiger partial charge in [0.25, 0.3) is 0 Å². The topological polar surface area (TPSA) is 38.5 Å². The minimum absolute atomic E-state index is 0.142. The molecule has 0 amide bonds. The number of halogens is 3. The number of ether oxygens (including phenoxy) is 1. The lowest BCUT2D eigenvalue weighted by atomic mass is 10.0. The summed E-state index contributed by atoms with van der Waals surface area (Å²) in [5, 5.41) is 0. The molecule has 0 fully saturated rings. The maximum atomic E-state index is 12.2. The first kappa shape index (κ1) is 15.8. The number of rotatable bonds is 5. The van der Waals surface area contributed by atoms with Gasteiger partial charge in [-0.25, -0.2) is 0 Å². The van der Waals surface area contributed by atoms with Crippen LogP contribution in [-0.2, 0) is 0 Å². The van der Waals surface area contributed by atoms with Crippen molar-refractivity contribution in [2.75, 3.05) is 13.6 Å². The van der Waals surface area contributed by atoms with E-state index in [0.29, 0.717) is 12.1 Å². The van der Waals surface area contributed by atoms with Crippen molar-refractivity contribution in [3.63, 3.8) is 0 Å². The van der Waals surface area contributed by atoms with Crippen LogP contribution in [0.5, 0.6) is 5.75 Å². The third-order valence-electron chi connectivity index (χ3n) is 3.01. The fourth-order valence-corrected chi connectivity index (χ4v) is 1.82. The van der Waals surface area contributed by atoms with Crippen molar-refractivity contribution < 1.29 is 17.9 Å². The fraction of sp³-hybridized carbons (Fsp3) is 0.538.